The van der Waals surface area contributed by atoms with Gasteiger partial charge < -0.3 is 9.55 Å². The van der Waals surface area contributed by atoms with Crippen LogP contribution in [0.2, 0.25) is 0 Å². The van der Waals surface area contributed by atoms with E-state index in [1.54, 1.807) is 0 Å². The van der Waals surface area contributed by atoms with E-state index < -0.39 is 0 Å². The number of hydrogen-bond donors (Lipinski definition) is 1. The molecule has 0 fully saturated rings. The molecule has 2 aliphatic rings. The Balaban J connectivity index is 0.00000196. The summed E-state index contributed by atoms with van der Waals surface area (Å²) >= 11 is 0. The first kappa shape index (κ1) is 33.6. The van der Waals surface area contributed by atoms with Gasteiger partial charge in [-0.15, -0.1) is 0 Å². The summed E-state index contributed by atoms with van der Waals surface area (Å²) in [6.45, 7) is 0. The van der Waals surface area contributed by atoms with Crippen molar-refractivity contribution in [2.75, 3.05) is 0 Å². The molecule has 0 saturated carbocycles. The van der Waals surface area contributed by atoms with E-state index in [0.717, 1.165) is 83.9 Å². The Morgan fingerprint density at radius 2 is 0.900 bits per heavy atom. The van der Waals surface area contributed by atoms with Crippen LogP contribution in [0.5, 0.6) is 0 Å². The van der Waals surface area contributed by atoms with Crippen LogP contribution in [-0.4, -0.2) is 46.8 Å². The van der Waals surface area contributed by atoms with Crippen molar-refractivity contribution < 1.29 is 22.4 Å². The van der Waals surface area contributed by atoms with Crippen molar-refractivity contribution in [1.82, 2.24) is 19.5 Å². The number of benzene rings is 4. The van der Waals surface area contributed by atoms with Gasteiger partial charge in [0.25, 0.3) is 0 Å². The molecule has 2 aliphatic heterocycles. The quantitative estimate of drug-likeness (QED) is 0.179. The molecule has 4 aromatic carbocycles. The van der Waals surface area contributed by atoms with Crippen molar-refractivity contribution >= 4 is 73.7 Å². The second kappa shape index (κ2) is 14.6. The van der Waals surface area contributed by atoms with Gasteiger partial charge in [-0.1, -0.05) is 109 Å². The third kappa shape index (κ3) is 6.32. The molecule has 0 aliphatic carbocycles. The van der Waals surface area contributed by atoms with E-state index in [1.807, 2.05) is 0 Å². The second-order valence-electron chi connectivity index (χ2n) is 12.0. The molecule has 8 bridgehead atoms. The summed E-state index contributed by atoms with van der Waals surface area (Å²) in [4.78, 5) is 13.9. The van der Waals surface area contributed by atoms with Crippen LogP contribution in [0.3, 0.4) is 0 Å². The number of fused-ring (bicyclic) bond motifs is 8. The molecule has 5 heterocycles. The molecule has 0 saturated heterocycles. The first-order chi connectivity index (χ1) is 23.8. The van der Waals surface area contributed by atoms with Gasteiger partial charge in [-0.3, -0.25) is 0 Å². The van der Waals surface area contributed by atoms with E-state index in [2.05, 4.69) is 186 Å². The number of aromatic nitrogens is 4. The van der Waals surface area contributed by atoms with E-state index in [4.69, 9.17) is 9.97 Å². The molecule has 243 valence electrons. The topological polar surface area (TPSA) is 46.5 Å². The van der Waals surface area contributed by atoms with Crippen molar-refractivity contribution in [2.24, 2.45) is 0 Å². The van der Waals surface area contributed by atoms with Gasteiger partial charge in [0.15, 0.2) is 0 Å². The van der Waals surface area contributed by atoms with Gasteiger partial charge in [0, 0.05) is 55.8 Å². The van der Waals surface area contributed by atoms with Crippen LogP contribution in [0.4, 0.5) is 0 Å². The number of nitrogens with one attached hydrogen (secondary N) is 1. The summed E-state index contributed by atoms with van der Waals surface area (Å²) in [5.41, 5.74) is 15.4. The first-order valence-electron chi connectivity index (χ1n) is 16.2. The van der Waals surface area contributed by atoms with Crippen LogP contribution in [0.25, 0.3) is 85.4 Å². The second-order valence-corrected chi connectivity index (χ2v) is 12.0. The molecule has 0 unspecified atom stereocenters. The predicted molar refractivity (Wildman–Crippen MR) is 209 cm³/mol. The van der Waals surface area contributed by atoms with E-state index in [-0.39, 0.29) is 49.7 Å². The van der Waals surface area contributed by atoms with Crippen molar-refractivity contribution in [2.45, 2.75) is 0 Å². The molecule has 7 aromatic rings. The Morgan fingerprint density at radius 3 is 1.48 bits per heavy atom. The van der Waals surface area contributed by atoms with Crippen molar-refractivity contribution in [3.63, 3.8) is 0 Å². The summed E-state index contributed by atoms with van der Waals surface area (Å²) < 4.78 is 2.41. The fraction of sp³-hybridized carbons (Fsp3) is 0. The zero-order valence-electron chi connectivity index (χ0n) is 27.1. The summed E-state index contributed by atoms with van der Waals surface area (Å²) in [6, 6.07) is 53.3. The van der Waals surface area contributed by atoms with Crippen LogP contribution in [0, 0.1) is 0 Å². The van der Waals surface area contributed by atoms with Crippen LogP contribution in [-0.2, 0) is 22.4 Å². The maximum atomic E-state index is 5.29. The monoisotopic (exact) mass is 1020 g/mol. The Labute approximate surface area is 326 Å². The van der Waals surface area contributed by atoms with E-state index in [9.17, 15) is 0 Å². The minimum absolute atomic E-state index is 0. The standard InChI is InChI=1S/C44H30N4.Au.Pb.2H/c1-5-13-30(14-6-1)41-39-26-25-36(47-39)28-35-22-21-33(45-35)27-34-23-24-37(46-34)29-40-42(31-15-7-2-8-16-31)43(32-17-9-3-10-18-32)44(41)48(40)38-19-11-4-12-20-38;;;;/h1-29,45H;;;;. The Bertz CT molecular complexity index is 2540. The molecular weight excluding hydrogens is 989 g/mol. The summed E-state index contributed by atoms with van der Waals surface area (Å²) in [5.74, 6) is 0. The molecule has 50 heavy (non-hydrogen) atoms. The number of aromatic amines is 1. The van der Waals surface area contributed by atoms with Crippen LogP contribution in [0.15, 0.2) is 152 Å². The molecule has 0 spiro atoms. The molecule has 4 nitrogen and oxygen atoms in total. The number of nitrogens with zero attached hydrogens (tertiary/aromatic N) is 3. The Kier molecular flexibility index (Phi) is 9.79. The van der Waals surface area contributed by atoms with Gasteiger partial charge in [0.05, 0.1) is 33.8 Å². The minimum atomic E-state index is 0. The average Bonchev–Trinajstić information content (AvgIpc) is 3.95. The molecule has 1 N–H and O–H groups in total. The summed E-state index contributed by atoms with van der Waals surface area (Å²) in [6.07, 6.45) is 8.44. The SMILES string of the molecule is C1=Cc2cc3c(-c4ccccc4)c(-c4ccccc4)c(c(-c4ccccc4)c4nc(cc5ccc(cc1n2)[nH]5)C=C4)n3-c1ccccc1.[Au].[PbH2]. The Morgan fingerprint density at radius 1 is 0.440 bits per heavy atom. The van der Waals surface area contributed by atoms with Gasteiger partial charge in [0.1, 0.15) is 0 Å². The predicted octanol–water partition coefficient (Wildman–Crippen LogP) is 10.2. The Hall–Kier alpha value is -4.86. The summed E-state index contributed by atoms with van der Waals surface area (Å²) in [7, 11) is 0. The summed E-state index contributed by atoms with van der Waals surface area (Å²) in [5, 5.41) is 0. The third-order valence-corrected chi connectivity index (χ3v) is 8.87. The average molecular weight is 1020 g/mol. The van der Waals surface area contributed by atoms with Crippen LogP contribution < -0.4 is 0 Å². The number of rotatable bonds is 4. The maximum absolute atomic E-state index is 5.29. The van der Waals surface area contributed by atoms with Crippen molar-refractivity contribution in [3.8, 4) is 39.1 Å². The van der Waals surface area contributed by atoms with Gasteiger partial charge in [-0.25, -0.2) is 9.97 Å². The van der Waals surface area contributed by atoms with Crippen molar-refractivity contribution in [3.05, 3.63) is 174 Å². The van der Waals surface area contributed by atoms with Crippen molar-refractivity contribution in [1.29, 1.82) is 0 Å². The molecule has 3 radical (unpaired) electrons. The zero-order valence-corrected chi connectivity index (χ0v) is 34.8. The zero-order chi connectivity index (χ0) is 31.9. The molecule has 9 rings (SSSR count). The van der Waals surface area contributed by atoms with Gasteiger partial charge >= 0.3 is 27.3 Å². The fourth-order valence-electron chi connectivity index (χ4n) is 6.81. The number of para-hydroxylation sites is 1. The third-order valence-electron chi connectivity index (χ3n) is 8.87. The van der Waals surface area contributed by atoms with E-state index >= 15 is 0 Å². The normalized spacial score (nSPS) is 11.5. The van der Waals surface area contributed by atoms with Crippen LogP contribution in [0.1, 0.15) is 22.8 Å². The molecular formula is C44H32AuN4Pb. The van der Waals surface area contributed by atoms with Gasteiger partial charge in [0.2, 0.25) is 0 Å². The number of H-pyrrole nitrogens is 1. The molecule has 0 amide bonds. The number of hydrogen-bond acceptors (Lipinski definition) is 2. The first-order valence-corrected chi connectivity index (χ1v) is 16.2. The van der Waals surface area contributed by atoms with E-state index in [0.29, 0.717) is 0 Å². The fourth-order valence-corrected chi connectivity index (χ4v) is 6.81. The molecule has 3 aromatic heterocycles. The van der Waals surface area contributed by atoms with Crippen LogP contribution >= 0.6 is 0 Å². The van der Waals surface area contributed by atoms with Gasteiger partial charge in [-0.05, 0) is 83.5 Å². The molecule has 6 heteroatoms. The van der Waals surface area contributed by atoms with E-state index in [1.165, 1.54) is 0 Å². The molecule has 0 atom stereocenters. The van der Waals surface area contributed by atoms with Gasteiger partial charge in [-0.2, -0.15) is 0 Å².